The lowest BCUT2D eigenvalue weighted by Crippen LogP contribution is -2.34. The maximum Gasteiger partial charge on any atom is 0.127 e. The van der Waals surface area contributed by atoms with Crippen LogP contribution in [0.3, 0.4) is 0 Å². The predicted octanol–water partition coefficient (Wildman–Crippen LogP) is 2.57. The molecule has 0 radical (unpaired) electrons. The second kappa shape index (κ2) is 6.81. The van der Waals surface area contributed by atoms with Crippen molar-refractivity contribution in [2.45, 2.75) is 32.1 Å². The molecule has 1 aromatic carbocycles. The molecule has 0 saturated heterocycles. The number of nitrogens with one attached hydrogen (secondary N) is 1. The van der Waals surface area contributed by atoms with Crippen LogP contribution in [0.25, 0.3) is 0 Å². The van der Waals surface area contributed by atoms with Crippen LogP contribution in [0, 0.1) is 11.6 Å². The smallest absolute Gasteiger partial charge is 0.127 e. The van der Waals surface area contributed by atoms with Gasteiger partial charge >= 0.3 is 0 Å². The summed E-state index contributed by atoms with van der Waals surface area (Å²) in [5, 5.41) is 3.26. The average Bonchev–Trinajstić information content (AvgIpc) is 2.32. The molecule has 18 heavy (non-hydrogen) atoms. The predicted molar refractivity (Wildman–Crippen MR) is 70.5 cm³/mol. The van der Waals surface area contributed by atoms with Crippen molar-refractivity contribution in [3.63, 3.8) is 0 Å². The van der Waals surface area contributed by atoms with Gasteiger partial charge in [-0.05, 0) is 49.7 Å². The van der Waals surface area contributed by atoms with E-state index in [2.05, 4.69) is 5.32 Å². The molecule has 0 atom stereocenters. The molecule has 0 aliphatic heterocycles. The normalized spacial score (nSPS) is 11.8. The molecule has 0 amide bonds. The van der Waals surface area contributed by atoms with Crippen molar-refractivity contribution in [3.8, 4) is 0 Å². The van der Waals surface area contributed by atoms with Crippen LogP contribution in [0.5, 0.6) is 0 Å². The quantitative estimate of drug-likeness (QED) is 0.736. The first-order chi connectivity index (χ1) is 8.47. The van der Waals surface area contributed by atoms with E-state index in [1.165, 1.54) is 12.1 Å². The van der Waals surface area contributed by atoms with E-state index in [1.807, 2.05) is 13.8 Å². The van der Waals surface area contributed by atoms with Gasteiger partial charge in [0.2, 0.25) is 0 Å². The van der Waals surface area contributed by atoms with Gasteiger partial charge < -0.3 is 11.1 Å². The summed E-state index contributed by atoms with van der Waals surface area (Å²) >= 11 is 0. The van der Waals surface area contributed by atoms with Crippen molar-refractivity contribution < 1.29 is 8.78 Å². The molecule has 0 aromatic heterocycles. The first-order valence-corrected chi connectivity index (χ1v) is 6.33. The number of benzene rings is 1. The van der Waals surface area contributed by atoms with E-state index in [0.717, 1.165) is 25.5 Å². The lowest BCUT2D eigenvalue weighted by Gasteiger charge is -2.26. The Morgan fingerprint density at radius 1 is 1.22 bits per heavy atom. The zero-order valence-corrected chi connectivity index (χ0v) is 11.1. The zero-order valence-electron chi connectivity index (χ0n) is 11.1. The van der Waals surface area contributed by atoms with Crippen molar-refractivity contribution in [1.29, 1.82) is 0 Å². The Kier molecular flexibility index (Phi) is 5.69. The maximum absolute atomic E-state index is 13.7. The number of hydrogen-bond donors (Lipinski definition) is 2. The molecule has 0 aliphatic rings. The van der Waals surface area contributed by atoms with Gasteiger partial charge in [-0.3, -0.25) is 0 Å². The van der Waals surface area contributed by atoms with Gasteiger partial charge in [-0.15, -0.1) is 0 Å². The third-order valence-corrected chi connectivity index (χ3v) is 3.03. The van der Waals surface area contributed by atoms with E-state index < -0.39 is 11.2 Å². The molecule has 0 fully saturated rings. The summed E-state index contributed by atoms with van der Waals surface area (Å²) in [6.07, 6.45) is 1.97. The van der Waals surface area contributed by atoms with Gasteiger partial charge in [-0.2, -0.15) is 0 Å². The Bertz CT molecular complexity index is 378. The fourth-order valence-electron chi connectivity index (χ4n) is 1.91. The molecule has 1 rings (SSSR count). The van der Waals surface area contributed by atoms with E-state index in [9.17, 15) is 8.78 Å². The topological polar surface area (TPSA) is 38.0 Å². The molecule has 2 nitrogen and oxygen atoms in total. The second-order valence-corrected chi connectivity index (χ2v) is 5.18. The third kappa shape index (κ3) is 4.35. The van der Waals surface area contributed by atoms with Gasteiger partial charge in [-0.1, -0.05) is 13.8 Å². The van der Waals surface area contributed by atoms with Crippen LogP contribution in [0.4, 0.5) is 8.78 Å². The zero-order chi connectivity index (χ0) is 13.6. The minimum absolute atomic E-state index is 0.356. The summed E-state index contributed by atoms with van der Waals surface area (Å²) in [6.45, 7) is 5.95. The monoisotopic (exact) mass is 256 g/mol. The standard InChI is InChI=1S/C14H22F2N2/c1-14(2,10-18-8-4-3-7-17)12-9-11(15)5-6-13(12)16/h5-6,9,18H,3-4,7-8,10,17H2,1-2H3. The number of hydrogen-bond acceptors (Lipinski definition) is 2. The molecule has 4 heteroatoms. The molecular formula is C14H22F2N2. The first-order valence-electron chi connectivity index (χ1n) is 6.33. The summed E-state index contributed by atoms with van der Waals surface area (Å²) in [4.78, 5) is 0. The average molecular weight is 256 g/mol. The van der Waals surface area contributed by atoms with E-state index in [1.54, 1.807) is 0 Å². The summed E-state index contributed by atoms with van der Waals surface area (Å²) < 4.78 is 26.8. The van der Waals surface area contributed by atoms with Crippen LogP contribution in [0.1, 0.15) is 32.3 Å². The third-order valence-electron chi connectivity index (χ3n) is 3.03. The SMILES string of the molecule is CC(C)(CNCCCCN)c1cc(F)ccc1F. The van der Waals surface area contributed by atoms with Crippen molar-refractivity contribution in [3.05, 3.63) is 35.4 Å². The maximum atomic E-state index is 13.7. The van der Waals surface area contributed by atoms with Crippen LogP contribution >= 0.6 is 0 Å². The fraction of sp³-hybridized carbons (Fsp3) is 0.571. The lowest BCUT2D eigenvalue weighted by molar-refractivity contribution is 0.437. The molecule has 102 valence electrons. The van der Waals surface area contributed by atoms with Crippen LogP contribution in [0.15, 0.2) is 18.2 Å². The largest absolute Gasteiger partial charge is 0.330 e. The minimum Gasteiger partial charge on any atom is -0.330 e. The Morgan fingerprint density at radius 2 is 1.94 bits per heavy atom. The molecule has 0 aliphatic carbocycles. The van der Waals surface area contributed by atoms with Gasteiger partial charge in [0.15, 0.2) is 0 Å². The van der Waals surface area contributed by atoms with Gasteiger partial charge in [-0.25, -0.2) is 8.78 Å². The van der Waals surface area contributed by atoms with Crippen LogP contribution < -0.4 is 11.1 Å². The van der Waals surface area contributed by atoms with E-state index >= 15 is 0 Å². The summed E-state index contributed by atoms with van der Waals surface area (Å²) in [5.74, 6) is -0.757. The Morgan fingerprint density at radius 3 is 2.61 bits per heavy atom. The van der Waals surface area contributed by atoms with Crippen LogP contribution in [-0.4, -0.2) is 19.6 Å². The van der Waals surface area contributed by atoms with Gasteiger partial charge in [0, 0.05) is 12.0 Å². The molecule has 0 heterocycles. The van der Waals surface area contributed by atoms with Gasteiger partial charge in [0.1, 0.15) is 11.6 Å². The molecule has 0 spiro atoms. The van der Waals surface area contributed by atoms with E-state index in [-0.39, 0.29) is 5.82 Å². The van der Waals surface area contributed by atoms with Crippen molar-refractivity contribution in [1.82, 2.24) is 5.32 Å². The molecule has 0 saturated carbocycles. The van der Waals surface area contributed by atoms with E-state index in [4.69, 9.17) is 5.73 Å². The molecule has 1 aromatic rings. The summed E-state index contributed by atoms with van der Waals surface area (Å²) in [5.41, 5.74) is 5.38. The fourth-order valence-corrected chi connectivity index (χ4v) is 1.91. The van der Waals surface area contributed by atoms with Gasteiger partial charge in [0.25, 0.3) is 0 Å². The highest BCUT2D eigenvalue weighted by Gasteiger charge is 2.24. The molecule has 0 bridgehead atoms. The first kappa shape index (κ1) is 15.1. The van der Waals surface area contributed by atoms with E-state index in [0.29, 0.717) is 18.7 Å². The summed E-state index contributed by atoms with van der Waals surface area (Å²) in [7, 11) is 0. The van der Waals surface area contributed by atoms with Gasteiger partial charge in [0.05, 0.1) is 0 Å². The number of unbranched alkanes of at least 4 members (excludes halogenated alkanes) is 1. The number of nitrogens with two attached hydrogens (primary N) is 1. The van der Waals surface area contributed by atoms with Crippen molar-refractivity contribution in [2.24, 2.45) is 5.73 Å². The molecule has 0 unspecified atom stereocenters. The van der Waals surface area contributed by atoms with Crippen molar-refractivity contribution in [2.75, 3.05) is 19.6 Å². The Balaban J connectivity index is 2.59. The lowest BCUT2D eigenvalue weighted by atomic mass is 9.84. The highest BCUT2D eigenvalue weighted by molar-refractivity contribution is 5.26. The Hall–Kier alpha value is -1.00. The van der Waals surface area contributed by atoms with Crippen LogP contribution in [-0.2, 0) is 5.41 Å². The minimum atomic E-state index is -0.436. The number of halogens is 2. The molecule has 3 N–H and O–H groups in total. The second-order valence-electron chi connectivity index (χ2n) is 5.18. The highest BCUT2D eigenvalue weighted by atomic mass is 19.1. The molecular weight excluding hydrogens is 234 g/mol. The van der Waals surface area contributed by atoms with Crippen LogP contribution in [0.2, 0.25) is 0 Å². The number of rotatable bonds is 7. The highest BCUT2D eigenvalue weighted by Crippen LogP contribution is 2.25. The van der Waals surface area contributed by atoms with Crippen molar-refractivity contribution >= 4 is 0 Å². The Labute approximate surface area is 108 Å². The summed E-state index contributed by atoms with van der Waals surface area (Å²) in [6, 6.07) is 3.60.